The van der Waals surface area contributed by atoms with Crippen LogP contribution in [0, 0.1) is 11.7 Å². The molecule has 0 aliphatic carbocycles. The molecule has 0 aromatic heterocycles. The molecule has 1 atom stereocenters. The maximum Gasteiger partial charge on any atom is 0.335 e. The lowest BCUT2D eigenvalue weighted by Gasteiger charge is -2.32. The number of hydrogen-bond acceptors (Lipinski definition) is 2. The molecule has 1 heterocycles. The molecular weight excluding hydrogens is 273 g/mol. The van der Waals surface area contributed by atoms with E-state index in [1.807, 2.05) is 0 Å². The maximum atomic E-state index is 14.0. The number of carboxylic acids is 1. The van der Waals surface area contributed by atoms with E-state index in [1.54, 1.807) is 4.90 Å². The first kappa shape index (κ1) is 15.5. The van der Waals surface area contributed by atoms with Gasteiger partial charge in [-0.25, -0.2) is 9.18 Å². The van der Waals surface area contributed by atoms with E-state index >= 15 is 0 Å². The summed E-state index contributed by atoms with van der Waals surface area (Å²) in [7, 11) is 0. The van der Waals surface area contributed by atoms with Crippen LogP contribution in [0.1, 0.15) is 53.3 Å². The Bertz CT molecular complexity index is 542. The second kappa shape index (κ2) is 6.70. The van der Waals surface area contributed by atoms with Gasteiger partial charge in [-0.2, -0.15) is 0 Å². The Morgan fingerprint density at radius 3 is 2.81 bits per heavy atom. The zero-order chi connectivity index (χ0) is 15.4. The zero-order valence-corrected chi connectivity index (χ0v) is 12.1. The first-order valence-corrected chi connectivity index (χ1v) is 7.35. The molecule has 0 radical (unpaired) electrons. The first-order chi connectivity index (χ1) is 10.0. The van der Waals surface area contributed by atoms with Crippen molar-refractivity contribution in [2.45, 2.75) is 32.6 Å². The lowest BCUT2D eigenvalue weighted by Crippen LogP contribution is -2.40. The van der Waals surface area contributed by atoms with E-state index in [9.17, 15) is 14.0 Å². The number of carbonyl (C=O) groups is 2. The molecule has 1 aliphatic heterocycles. The molecule has 0 saturated carbocycles. The van der Waals surface area contributed by atoms with E-state index in [4.69, 9.17) is 5.11 Å². The van der Waals surface area contributed by atoms with E-state index in [1.165, 1.54) is 12.1 Å². The second-order valence-corrected chi connectivity index (χ2v) is 5.55. The smallest absolute Gasteiger partial charge is 0.335 e. The molecule has 5 heteroatoms. The third-order valence-corrected chi connectivity index (χ3v) is 3.95. The minimum Gasteiger partial charge on any atom is -0.478 e. The molecule has 1 unspecified atom stereocenters. The summed E-state index contributed by atoms with van der Waals surface area (Å²) in [6.45, 7) is 3.41. The highest BCUT2D eigenvalue weighted by Gasteiger charge is 2.26. The van der Waals surface area contributed by atoms with Crippen molar-refractivity contribution in [3.05, 3.63) is 35.1 Å². The van der Waals surface area contributed by atoms with Crippen molar-refractivity contribution < 1.29 is 19.1 Å². The first-order valence-electron chi connectivity index (χ1n) is 7.35. The van der Waals surface area contributed by atoms with Gasteiger partial charge in [-0.3, -0.25) is 4.79 Å². The highest BCUT2D eigenvalue weighted by atomic mass is 19.1. The Balaban J connectivity index is 2.14. The minimum atomic E-state index is -1.20. The monoisotopic (exact) mass is 293 g/mol. The summed E-state index contributed by atoms with van der Waals surface area (Å²) >= 11 is 0. The number of hydrogen-bond donors (Lipinski definition) is 1. The van der Waals surface area contributed by atoms with Gasteiger partial charge in [0.05, 0.1) is 11.1 Å². The van der Waals surface area contributed by atoms with E-state index in [2.05, 4.69) is 6.92 Å². The molecule has 4 nitrogen and oxygen atoms in total. The van der Waals surface area contributed by atoms with Gasteiger partial charge in [0.2, 0.25) is 0 Å². The van der Waals surface area contributed by atoms with Crippen LogP contribution >= 0.6 is 0 Å². The van der Waals surface area contributed by atoms with Crippen molar-refractivity contribution in [2.24, 2.45) is 5.92 Å². The number of amides is 1. The highest BCUT2D eigenvalue weighted by molar-refractivity contribution is 5.96. The molecule has 21 heavy (non-hydrogen) atoms. The average molecular weight is 293 g/mol. The predicted molar refractivity (Wildman–Crippen MR) is 76.9 cm³/mol. The Kier molecular flexibility index (Phi) is 4.94. The molecule has 2 rings (SSSR count). The fraction of sp³-hybridized carbons (Fsp3) is 0.500. The van der Waals surface area contributed by atoms with Gasteiger partial charge >= 0.3 is 5.97 Å². The van der Waals surface area contributed by atoms with Crippen molar-refractivity contribution in [3.63, 3.8) is 0 Å². The number of piperidine rings is 1. The van der Waals surface area contributed by atoms with Crippen LogP contribution < -0.4 is 0 Å². The number of halogens is 1. The van der Waals surface area contributed by atoms with Crippen molar-refractivity contribution in [2.75, 3.05) is 13.1 Å². The summed E-state index contributed by atoms with van der Waals surface area (Å²) in [6.07, 6.45) is 4.20. The van der Waals surface area contributed by atoms with Gasteiger partial charge < -0.3 is 10.0 Å². The molecule has 1 aliphatic rings. The Morgan fingerprint density at radius 1 is 1.43 bits per heavy atom. The van der Waals surface area contributed by atoms with Crippen LogP contribution in [-0.2, 0) is 0 Å². The normalized spacial score (nSPS) is 18.6. The lowest BCUT2D eigenvalue weighted by molar-refractivity contribution is 0.0657. The van der Waals surface area contributed by atoms with Gasteiger partial charge in [0.1, 0.15) is 5.82 Å². The fourth-order valence-electron chi connectivity index (χ4n) is 2.89. The van der Waals surface area contributed by atoms with Gasteiger partial charge in [-0.1, -0.05) is 13.3 Å². The number of likely N-dealkylation sites (tertiary alicyclic amines) is 1. The van der Waals surface area contributed by atoms with E-state index in [0.29, 0.717) is 19.0 Å². The van der Waals surface area contributed by atoms with Crippen molar-refractivity contribution in [1.82, 2.24) is 4.90 Å². The molecule has 1 aromatic rings. The van der Waals surface area contributed by atoms with E-state index in [-0.39, 0.29) is 17.0 Å². The van der Waals surface area contributed by atoms with Gasteiger partial charge in [-0.05, 0) is 43.4 Å². The van der Waals surface area contributed by atoms with Crippen LogP contribution in [-0.4, -0.2) is 35.0 Å². The SMILES string of the molecule is CCCC1CCCN(C(=O)c2ccc(C(=O)O)cc2F)C1. The number of carboxylic acid groups (broad SMARTS) is 1. The van der Waals surface area contributed by atoms with E-state index < -0.39 is 11.8 Å². The van der Waals surface area contributed by atoms with Crippen LogP contribution in [0.5, 0.6) is 0 Å². The van der Waals surface area contributed by atoms with Crippen LogP contribution in [0.15, 0.2) is 18.2 Å². The van der Waals surface area contributed by atoms with Crippen LogP contribution in [0.3, 0.4) is 0 Å². The third kappa shape index (κ3) is 3.60. The molecule has 1 saturated heterocycles. The van der Waals surface area contributed by atoms with Crippen LogP contribution in [0.4, 0.5) is 4.39 Å². The molecule has 1 aromatic carbocycles. The predicted octanol–water partition coefficient (Wildman–Crippen LogP) is 3.18. The molecule has 114 valence electrons. The number of benzene rings is 1. The molecule has 0 bridgehead atoms. The fourth-order valence-corrected chi connectivity index (χ4v) is 2.89. The maximum absolute atomic E-state index is 14.0. The summed E-state index contributed by atoms with van der Waals surface area (Å²) in [5.74, 6) is -1.83. The molecular formula is C16H20FNO3. The van der Waals surface area contributed by atoms with Crippen molar-refractivity contribution in [1.29, 1.82) is 0 Å². The topological polar surface area (TPSA) is 57.6 Å². The molecule has 1 amide bonds. The number of rotatable bonds is 4. The van der Waals surface area contributed by atoms with Gasteiger partial charge in [0.25, 0.3) is 5.91 Å². The van der Waals surface area contributed by atoms with Crippen molar-refractivity contribution in [3.8, 4) is 0 Å². The molecule has 1 N–H and O–H groups in total. The highest BCUT2D eigenvalue weighted by Crippen LogP contribution is 2.23. The van der Waals surface area contributed by atoms with Crippen molar-refractivity contribution >= 4 is 11.9 Å². The van der Waals surface area contributed by atoms with Crippen LogP contribution in [0.25, 0.3) is 0 Å². The third-order valence-electron chi connectivity index (χ3n) is 3.95. The molecule has 1 fully saturated rings. The summed E-state index contributed by atoms with van der Waals surface area (Å²) in [5.41, 5.74) is -0.191. The standard InChI is InChI=1S/C16H20FNO3/c1-2-4-11-5-3-8-18(10-11)15(19)13-7-6-12(16(20)21)9-14(13)17/h6-7,9,11H,2-5,8,10H2,1H3,(H,20,21). The van der Waals surface area contributed by atoms with Gasteiger partial charge in [-0.15, -0.1) is 0 Å². The van der Waals surface area contributed by atoms with Gasteiger partial charge in [0.15, 0.2) is 0 Å². The summed E-state index contributed by atoms with van der Waals surface area (Å²) in [4.78, 5) is 24.9. The number of aromatic carboxylic acids is 1. The Morgan fingerprint density at radius 2 is 2.19 bits per heavy atom. The van der Waals surface area contributed by atoms with Gasteiger partial charge in [0, 0.05) is 13.1 Å². The minimum absolute atomic E-state index is 0.0443. The van der Waals surface area contributed by atoms with Crippen LogP contribution in [0.2, 0.25) is 0 Å². The quantitative estimate of drug-likeness (QED) is 0.927. The average Bonchev–Trinajstić information content (AvgIpc) is 2.47. The lowest BCUT2D eigenvalue weighted by atomic mass is 9.93. The number of carbonyl (C=O) groups excluding carboxylic acids is 1. The zero-order valence-electron chi connectivity index (χ0n) is 12.1. The Hall–Kier alpha value is -1.91. The summed E-state index contributed by atoms with van der Waals surface area (Å²) in [6, 6.07) is 3.44. The number of nitrogens with zero attached hydrogens (tertiary/aromatic N) is 1. The Labute approximate surface area is 123 Å². The second-order valence-electron chi connectivity index (χ2n) is 5.55. The summed E-state index contributed by atoms with van der Waals surface area (Å²) in [5, 5.41) is 8.82. The largest absolute Gasteiger partial charge is 0.478 e. The summed E-state index contributed by atoms with van der Waals surface area (Å²) < 4.78 is 14.0. The van der Waals surface area contributed by atoms with E-state index in [0.717, 1.165) is 31.7 Å². The molecule has 0 spiro atoms.